The maximum absolute atomic E-state index is 12.8. The van der Waals surface area contributed by atoms with Crippen LogP contribution >= 0.6 is 0 Å². The molecule has 0 spiro atoms. The van der Waals surface area contributed by atoms with E-state index in [0.717, 1.165) is 26.2 Å². The van der Waals surface area contributed by atoms with Crippen LogP contribution in [0.3, 0.4) is 0 Å². The normalized spacial score (nSPS) is 14.7. The van der Waals surface area contributed by atoms with Gasteiger partial charge in [-0.1, -0.05) is 0 Å². The number of carbonyl (C=O) groups is 3. The number of piperazine rings is 2. The molecule has 2 heterocycles. The van der Waals surface area contributed by atoms with E-state index in [4.69, 9.17) is 9.47 Å². The number of urea groups is 1. The zero-order valence-corrected chi connectivity index (χ0v) is 27.3. The van der Waals surface area contributed by atoms with Crippen molar-refractivity contribution < 1.29 is 37.4 Å². The van der Waals surface area contributed by atoms with Crippen molar-refractivity contribution in [3.8, 4) is 0 Å². The number of rotatable bonds is 2. The Labute approximate surface area is 268 Å². The van der Waals surface area contributed by atoms with E-state index in [-0.39, 0.29) is 35.5 Å². The zero-order valence-electron chi connectivity index (χ0n) is 27.3. The highest BCUT2D eigenvalue weighted by Crippen LogP contribution is 2.14. The Morgan fingerprint density at radius 2 is 1.13 bits per heavy atom. The number of hydrogen-bond acceptors (Lipinski definition) is 8. The Morgan fingerprint density at radius 3 is 1.57 bits per heavy atom. The summed E-state index contributed by atoms with van der Waals surface area (Å²) in [5.74, 6) is -0.696. The number of carbonyl (C=O) groups excluding carboxylic acids is 4. The van der Waals surface area contributed by atoms with E-state index in [1.165, 1.54) is 54.6 Å². The van der Waals surface area contributed by atoms with Crippen LogP contribution < -0.4 is 10.6 Å². The third kappa shape index (κ3) is 15.0. The minimum Gasteiger partial charge on any atom is -0.444 e. The molecule has 2 saturated heterocycles. The summed E-state index contributed by atoms with van der Waals surface area (Å²) >= 11 is 0. The van der Waals surface area contributed by atoms with Gasteiger partial charge in [0.1, 0.15) is 22.8 Å². The molecule has 4 rings (SSSR count). The number of nitrogens with one attached hydrogen (secondary N) is 2. The van der Waals surface area contributed by atoms with Crippen LogP contribution in [-0.2, 0) is 14.3 Å². The summed E-state index contributed by atoms with van der Waals surface area (Å²) in [5, 5.41) is 5.89. The van der Waals surface area contributed by atoms with E-state index in [1.807, 2.05) is 41.5 Å². The van der Waals surface area contributed by atoms with Crippen molar-refractivity contribution in [2.45, 2.75) is 52.7 Å². The standard InChI is InChI=1S/C16H22FN3O3.C9H18N2O2.C7H4FNO/c1-16(2,3)23-15(22)20-10-8-19(9-11-20)14(21)18-13-6-4-12(17)5-7-13;1-9(2,3)13-8(12)11-6-4-10-5-7-11;8-6-1-3-7(4-2-6)9-5-10/h4-7H,8-11H2,1-3H3,(H,18,21);10H,4-7H2,1-3H3;1-4H. The van der Waals surface area contributed by atoms with Gasteiger partial charge in [0, 0.05) is 58.0 Å². The van der Waals surface area contributed by atoms with Gasteiger partial charge in [-0.25, -0.2) is 28.0 Å². The van der Waals surface area contributed by atoms with Gasteiger partial charge in [0.05, 0.1) is 5.69 Å². The van der Waals surface area contributed by atoms with Crippen molar-refractivity contribution >= 4 is 35.7 Å². The first-order valence-corrected chi connectivity index (χ1v) is 14.9. The largest absolute Gasteiger partial charge is 0.444 e. The number of isocyanates is 1. The predicted molar refractivity (Wildman–Crippen MR) is 170 cm³/mol. The van der Waals surface area contributed by atoms with Crippen molar-refractivity contribution in [3.05, 3.63) is 60.2 Å². The molecular weight excluding hydrogens is 602 g/mol. The molecule has 0 radical (unpaired) electrons. The first kappa shape index (κ1) is 37.6. The summed E-state index contributed by atoms with van der Waals surface area (Å²) in [6.07, 6.45) is 0.791. The molecule has 252 valence electrons. The molecule has 2 N–H and O–H groups in total. The number of benzene rings is 2. The molecule has 2 aliphatic rings. The fourth-order valence-corrected chi connectivity index (χ4v) is 3.90. The molecule has 0 bridgehead atoms. The molecule has 0 atom stereocenters. The van der Waals surface area contributed by atoms with Crippen molar-refractivity contribution in [3.63, 3.8) is 0 Å². The minimum absolute atomic E-state index is 0.200. The second-order valence-corrected chi connectivity index (χ2v) is 12.3. The lowest BCUT2D eigenvalue weighted by atomic mass is 10.2. The molecule has 2 aromatic carbocycles. The highest BCUT2D eigenvalue weighted by atomic mass is 19.1. The van der Waals surface area contributed by atoms with Gasteiger partial charge in [0.2, 0.25) is 6.08 Å². The van der Waals surface area contributed by atoms with Crippen molar-refractivity contribution in [2.75, 3.05) is 57.7 Å². The molecule has 0 unspecified atom stereocenters. The summed E-state index contributed by atoms with van der Waals surface area (Å²) in [5.41, 5.74) is 0.0261. The number of ether oxygens (including phenoxy) is 2. The topological polar surface area (TPSA) is 133 Å². The predicted octanol–water partition coefficient (Wildman–Crippen LogP) is 5.53. The van der Waals surface area contributed by atoms with E-state index in [1.54, 1.807) is 14.7 Å². The Balaban J connectivity index is 0.000000269. The minimum atomic E-state index is -0.534. The lowest BCUT2D eigenvalue weighted by Gasteiger charge is -2.35. The Morgan fingerprint density at radius 1 is 0.717 bits per heavy atom. The van der Waals surface area contributed by atoms with E-state index >= 15 is 0 Å². The quantitative estimate of drug-likeness (QED) is 0.324. The second-order valence-electron chi connectivity index (χ2n) is 12.3. The van der Waals surface area contributed by atoms with Crippen LogP contribution in [0.2, 0.25) is 0 Å². The van der Waals surface area contributed by atoms with Crippen LogP contribution in [0.1, 0.15) is 41.5 Å². The van der Waals surface area contributed by atoms with Crippen LogP contribution in [-0.4, -0.2) is 103 Å². The van der Waals surface area contributed by atoms with Crippen LogP contribution in [0.15, 0.2) is 53.5 Å². The molecule has 4 amide bonds. The molecule has 0 saturated carbocycles. The summed E-state index contributed by atoms with van der Waals surface area (Å²) in [4.78, 5) is 53.5. The van der Waals surface area contributed by atoms with E-state index in [9.17, 15) is 28.0 Å². The van der Waals surface area contributed by atoms with Gasteiger partial charge in [0.25, 0.3) is 0 Å². The maximum Gasteiger partial charge on any atom is 0.410 e. The third-order valence-corrected chi connectivity index (χ3v) is 6.08. The number of halogens is 2. The summed E-state index contributed by atoms with van der Waals surface area (Å²) < 4.78 is 35.6. The van der Waals surface area contributed by atoms with E-state index < -0.39 is 5.60 Å². The Bertz CT molecular complexity index is 1310. The first-order chi connectivity index (χ1) is 21.6. The SMILES string of the molecule is CC(C)(C)OC(=O)N1CCN(C(=O)Nc2ccc(F)cc2)CC1.CC(C)(C)OC(=O)N1CCNCC1.O=C=Nc1ccc(F)cc1. The number of nitrogens with zero attached hydrogens (tertiary/aromatic N) is 4. The van der Waals surface area contributed by atoms with Gasteiger partial charge >= 0.3 is 18.2 Å². The highest BCUT2D eigenvalue weighted by Gasteiger charge is 2.28. The van der Waals surface area contributed by atoms with Crippen LogP contribution in [0, 0.1) is 11.6 Å². The number of hydrogen-bond donors (Lipinski definition) is 2. The van der Waals surface area contributed by atoms with Gasteiger partial charge in [-0.05, 0) is 90.1 Å². The fraction of sp³-hybridized carbons (Fsp3) is 0.500. The molecule has 2 fully saturated rings. The zero-order chi connectivity index (χ0) is 34.3. The van der Waals surface area contributed by atoms with E-state index in [0.29, 0.717) is 37.6 Å². The highest BCUT2D eigenvalue weighted by molar-refractivity contribution is 5.89. The second kappa shape index (κ2) is 17.8. The smallest absolute Gasteiger partial charge is 0.410 e. The molecule has 0 aliphatic carbocycles. The number of aliphatic imine (C=N–C) groups is 1. The Hall–Kier alpha value is -4.55. The summed E-state index contributed by atoms with van der Waals surface area (Å²) in [6.45, 7) is 16.0. The Kier molecular flexibility index (Phi) is 14.6. The van der Waals surface area contributed by atoms with Crippen molar-refractivity contribution in [1.29, 1.82) is 0 Å². The van der Waals surface area contributed by atoms with Gasteiger partial charge in [-0.2, -0.15) is 4.99 Å². The lowest BCUT2D eigenvalue weighted by Crippen LogP contribution is -2.52. The average molecular weight is 647 g/mol. The molecule has 2 aromatic rings. The fourth-order valence-electron chi connectivity index (χ4n) is 3.90. The number of amides is 4. The first-order valence-electron chi connectivity index (χ1n) is 14.9. The van der Waals surface area contributed by atoms with Crippen LogP contribution in [0.5, 0.6) is 0 Å². The van der Waals surface area contributed by atoms with Crippen LogP contribution in [0.25, 0.3) is 0 Å². The number of anilines is 1. The third-order valence-electron chi connectivity index (χ3n) is 6.08. The van der Waals surface area contributed by atoms with Gasteiger partial charge in [0.15, 0.2) is 0 Å². The molecular formula is C32H44F2N6O6. The molecule has 46 heavy (non-hydrogen) atoms. The van der Waals surface area contributed by atoms with Gasteiger partial charge in [-0.15, -0.1) is 0 Å². The van der Waals surface area contributed by atoms with Crippen LogP contribution in [0.4, 0.5) is 34.5 Å². The molecule has 14 heteroatoms. The maximum atomic E-state index is 12.8. The van der Waals surface area contributed by atoms with Crippen molar-refractivity contribution in [1.82, 2.24) is 20.0 Å². The average Bonchev–Trinajstić information content (AvgIpc) is 2.99. The lowest BCUT2D eigenvalue weighted by molar-refractivity contribution is 0.0172. The van der Waals surface area contributed by atoms with E-state index in [2.05, 4.69) is 15.6 Å². The van der Waals surface area contributed by atoms with Gasteiger partial charge in [-0.3, -0.25) is 0 Å². The molecule has 12 nitrogen and oxygen atoms in total. The summed E-state index contributed by atoms with van der Waals surface area (Å²) in [6, 6.07) is 10.6. The van der Waals surface area contributed by atoms with Crippen molar-refractivity contribution in [2.24, 2.45) is 4.99 Å². The monoisotopic (exact) mass is 646 g/mol. The summed E-state index contributed by atoms with van der Waals surface area (Å²) in [7, 11) is 0. The molecule has 2 aliphatic heterocycles. The molecule has 0 aromatic heterocycles. The van der Waals surface area contributed by atoms with Gasteiger partial charge < -0.3 is 34.8 Å².